The van der Waals surface area contributed by atoms with E-state index in [1.54, 1.807) is 22.9 Å². The lowest BCUT2D eigenvalue weighted by Gasteiger charge is -2.22. The van der Waals surface area contributed by atoms with Crippen LogP contribution in [0, 0.1) is 17.3 Å². The number of urea groups is 1. The smallest absolute Gasteiger partial charge is 0.322 e. The van der Waals surface area contributed by atoms with E-state index in [1.165, 1.54) is 0 Å². The van der Waals surface area contributed by atoms with E-state index in [-0.39, 0.29) is 11.6 Å². The molecular weight excluding hydrogens is 314 g/mol. The third-order valence-electron chi connectivity index (χ3n) is 5.87. The lowest BCUT2D eigenvalue weighted by Crippen LogP contribution is -2.38. The lowest BCUT2D eigenvalue weighted by atomic mass is 10.1. The van der Waals surface area contributed by atoms with Gasteiger partial charge in [0.05, 0.1) is 6.54 Å². The molecule has 2 amide bonds. The molecular formula is C20H23N3O2. The number of rotatable bonds is 3. The van der Waals surface area contributed by atoms with Gasteiger partial charge in [-0.05, 0) is 34.9 Å². The Morgan fingerprint density at radius 3 is 2.48 bits per heavy atom. The first-order valence-corrected chi connectivity index (χ1v) is 8.76. The number of carbonyl (C=O) groups excluding carboxylic acids is 1. The van der Waals surface area contributed by atoms with Crippen LogP contribution in [0.25, 0.3) is 0 Å². The third kappa shape index (κ3) is 2.84. The van der Waals surface area contributed by atoms with Gasteiger partial charge in [-0.15, -0.1) is 0 Å². The van der Waals surface area contributed by atoms with Gasteiger partial charge in [-0.1, -0.05) is 44.2 Å². The fraction of sp³-hybridized carbons (Fsp3) is 0.400. The summed E-state index contributed by atoms with van der Waals surface area (Å²) < 4.78 is 1.62. The standard InChI is InChI=1S/C20H23N3O2/c1-20(2)15-12-23(13-16(15)20)19(25)21-17-9-6-10-22(18(17)24)11-14-7-4-3-5-8-14/h3-10,15-16H,11-13H2,1-2H3,(H,21,25)/t15-,16-/m0/s1. The average Bonchev–Trinajstić information content (AvgIpc) is 2.96. The number of pyridine rings is 1. The van der Waals surface area contributed by atoms with Crippen molar-refractivity contribution in [2.75, 3.05) is 18.4 Å². The summed E-state index contributed by atoms with van der Waals surface area (Å²) in [6, 6.07) is 13.1. The number of piperidine rings is 1. The van der Waals surface area contributed by atoms with Crippen LogP contribution in [0.4, 0.5) is 10.5 Å². The molecule has 2 heterocycles. The predicted octanol–water partition coefficient (Wildman–Crippen LogP) is 3.02. The van der Waals surface area contributed by atoms with E-state index in [9.17, 15) is 9.59 Å². The van der Waals surface area contributed by atoms with Gasteiger partial charge in [0.15, 0.2) is 0 Å². The predicted molar refractivity (Wildman–Crippen MR) is 97.6 cm³/mol. The first-order valence-electron chi connectivity index (χ1n) is 8.76. The molecule has 2 fully saturated rings. The number of fused-ring (bicyclic) bond motifs is 1. The number of hydrogen-bond donors (Lipinski definition) is 1. The van der Waals surface area contributed by atoms with Crippen molar-refractivity contribution in [1.29, 1.82) is 0 Å². The molecule has 5 nitrogen and oxygen atoms in total. The highest BCUT2D eigenvalue weighted by Crippen LogP contribution is 2.61. The molecule has 1 aliphatic carbocycles. The molecule has 1 saturated heterocycles. The molecule has 1 aliphatic heterocycles. The number of benzene rings is 1. The van der Waals surface area contributed by atoms with E-state index in [0.29, 0.717) is 29.5 Å². The Hall–Kier alpha value is -2.56. The number of nitrogens with zero attached hydrogens (tertiary/aromatic N) is 2. The van der Waals surface area contributed by atoms with Crippen molar-refractivity contribution in [3.8, 4) is 0 Å². The maximum Gasteiger partial charge on any atom is 0.322 e. The first kappa shape index (κ1) is 15.9. The Morgan fingerprint density at radius 1 is 1.12 bits per heavy atom. The summed E-state index contributed by atoms with van der Waals surface area (Å²) in [7, 11) is 0. The molecule has 2 aliphatic rings. The Bertz CT molecular complexity index is 843. The monoisotopic (exact) mass is 337 g/mol. The molecule has 4 rings (SSSR count). The summed E-state index contributed by atoms with van der Waals surface area (Å²) in [6.45, 7) is 6.59. The number of nitrogens with one attached hydrogen (secondary N) is 1. The fourth-order valence-electron chi connectivity index (χ4n) is 4.03. The minimum absolute atomic E-state index is 0.169. The Morgan fingerprint density at radius 2 is 1.80 bits per heavy atom. The van der Waals surface area contributed by atoms with E-state index in [4.69, 9.17) is 0 Å². The van der Waals surface area contributed by atoms with E-state index >= 15 is 0 Å². The quantitative estimate of drug-likeness (QED) is 0.936. The number of anilines is 1. The molecule has 0 bridgehead atoms. The molecule has 1 N–H and O–H groups in total. The number of aromatic nitrogens is 1. The first-order chi connectivity index (χ1) is 12.0. The molecule has 130 valence electrons. The largest absolute Gasteiger partial charge is 0.324 e. The second-order valence-electron chi connectivity index (χ2n) is 7.71. The highest BCUT2D eigenvalue weighted by molar-refractivity contribution is 5.89. The van der Waals surface area contributed by atoms with Crippen LogP contribution < -0.4 is 10.9 Å². The minimum atomic E-state index is -0.176. The topological polar surface area (TPSA) is 54.3 Å². The molecule has 2 atom stereocenters. The van der Waals surface area contributed by atoms with Crippen molar-refractivity contribution in [3.63, 3.8) is 0 Å². The van der Waals surface area contributed by atoms with Crippen LogP contribution in [-0.2, 0) is 6.54 Å². The molecule has 0 spiro atoms. The average molecular weight is 337 g/mol. The van der Waals surface area contributed by atoms with Gasteiger partial charge in [0, 0.05) is 19.3 Å². The Balaban J connectivity index is 1.45. The van der Waals surface area contributed by atoms with Crippen molar-refractivity contribution >= 4 is 11.7 Å². The summed E-state index contributed by atoms with van der Waals surface area (Å²) in [4.78, 5) is 26.9. The van der Waals surface area contributed by atoms with Gasteiger partial charge in [0.25, 0.3) is 5.56 Å². The number of amides is 2. The number of hydrogen-bond acceptors (Lipinski definition) is 2. The molecule has 1 saturated carbocycles. The van der Waals surface area contributed by atoms with E-state index in [1.807, 2.05) is 35.2 Å². The van der Waals surface area contributed by atoms with E-state index < -0.39 is 0 Å². The molecule has 1 aromatic carbocycles. The van der Waals surface area contributed by atoms with Gasteiger partial charge in [-0.2, -0.15) is 0 Å². The van der Waals surface area contributed by atoms with Crippen LogP contribution in [0.3, 0.4) is 0 Å². The zero-order valence-corrected chi connectivity index (χ0v) is 14.6. The molecule has 2 aromatic rings. The molecule has 0 radical (unpaired) electrons. The Labute approximate surface area is 147 Å². The van der Waals surface area contributed by atoms with Gasteiger partial charge in [0.1, 0.15) is 5.69 Å². The summed E-state index contributed by atoms with van der Waals surface area (Å²) >= 11 is 0. The van der Waals surface area contributed by atoms with Crippen LogP contribution >= 0.6 is 0 Å². The summed E-state index contributed by atoms with van der Waals surface area (Å²) in [5.41, 5.74) is 1.58. The highest BCUT2D eigenvalue weighted by atomic mass is 16.2. The second kappa shape index (κ2) is 5.76. The van der Waals surface area contributed by atoms with Crippen LogP contribution in [0.15, 0.2) is 53.5 Å². The Kier molecular flexibility index (Phi) is 3.67. The zero-order chi connectivity index (χ0) is 17.6. The lowest BCUT2D eigenvalue weighted by molar-refractivity contribution is 0.209. The second-order valence-corrected chi connectivity index (χ2v) is 7.71. The fourth-order valence-corrected chi connectivity index (χ4v) is 4.03. The van der Waals surface area contributed by atoms with Gasteiger partial charge >= 0.3 is 6.03 Å². The molecule has 1 aromatic heterocycles. The minimum Gasteiger partial charge on any atom is -0.324 e. The maximum absolute atomic E-state index is 12.6. The van der Waals surface area contributed by atoms with Crippen molar-refractivity contribution in [2.45, 2.75) is 20.4 Å². The number of carbonyl (C=O) groups is 1. The van der Waals surface area contributed by atoms with Crippen LogP contribution in [0.1, 0.15) is 19.4 Å². The molecule has 0 unspecified atom stereocenters. The van der Waals surface area contributed by atoms with Gasteiger partial charge in [0.2, 0.25) is 0 Å². The summed E-state index contributed by atoms with van der Waals surface area (Å²) in [5, 5.41) is 2.80. The van der Waals surface area contributed by atoms with Crippen LogP contribution in [-0.4, -0.2) is 28.6 Å². The van der Waals surface area contributed by atoms with Crippen LogP contribution in [0.2, 0.25) is 0 Å². The molecule has 5 heteroatoms. The summed E-state index contributed by atoms with van der Waals surface area (Å²) in [6.07, 6.45) is 1.75. The number of likely N-dealkylation sites (tertiary alicyclic amines) is 1. The highest BCUT2D eigenvalue weighted by Gasteiger charge is 2.62. The van der Waals surface area contributed by atoms with Gasteiger partial charge < -0.3 is 14.8 Å². The zero-order valence-electron chi connectivity index (χ0n) is 14.6. The summed E-state index contributed by atoms with van der Waals surface area (Å²) in [5.74, 6) is 1.20. The molecule has 25 heavy (non-hydrogen) atoms. The van der Waals surface area contributed by atoms with Crippen molar-refractivity contribution in [3.05, 3.63) is 64.6 Å². The van der Waals surface area contributed by atoms with Crippen molar-refractivity contribution in [1.82, 2.24) is 9.47 Å². The maximum atomic E-state index is 12.6. The van der Waals surface area contributed by atoms with E-state index in [0.717, 1.165) is 18.7 Å². The van der Waals surface area contributed by atoms with Gasteiger partial charge in [-0.25, -0.2) is 4.79 Å². The SMILES string of the molecule is CC1(C)[C@H]2CN(C(=O)Nc3cccn(Cc4ccccc4)c3=O)C[C@@H]21. The van der Waals surface area contributed by atoms with Crippen molar-refractivity contribution < 1.29 is 4.79 Å². The third-order valence-corrected chi connectivity index (χ3v) is 5.87. The van der Waals surface area contributed by atoms with E-state index in [2.05, 4.69) is 19.2 Å². The van der Waals surface area contributed by atoms with Gasteiger partial charge in [-0.3, -0.25) is 4.79 Å². The normalized spacial score (nSPS) is 23.2. The van der Waals surface area contributed by atoms with Crippen molar-refractivity contribution in [2.24, 2.45) is 17.3 Å². The van der Waals surface area contributed by atoms with Crippen LogP contribution in [0.5, 0.6) is 0 Å².